The normalized spacial score (nSPS) is 9.67. The Bertz CT molecular complexity index is 1850. The third-order valence-corrected chi connectivity index (χ3v) is 6.13. The summed E-state index contributed by atoms with van der Waals surface area (Å²) in [5.41, 5.74) is 9.10. The van der Waals surface area contributed by atoms with E-state index in [2.05, 4.69) is 79.9 Å². The van der Waals surface area contributed by atoms with Gasteiger partial charge >= 0.3 is 59.1 Å². The maximum Gasteiger partial charge on any atom is 1.00 e. The van der Waals surface area contributed by atoms with Crippen molar-refractivity contribution < 1.29 is 80.3 Å². The molecular formula is C31H25ClN4Na2O4. The number of rotatable bonds is 2. The van der Waals surface area contributed by atoms with Crippen LogP contribution in [0.25, 0.3) is 49.0 Å². The Morgan fingerprint density at radius 2 is 1.26 bits per heavy atom. The smallest absolute Gasteiger partial charge is 1.00 e. The number of nitrogen functional groups attached to an aromatic ring is 1. The number of nitrogens with zero attached hydrogens (tertiary/aromatic N) is 3. The second-order valence-corrected chi connectivity index (χ2v) is 8.57. The molecule has 0 saturated heterocycles. The molecule has 0 aliphatic heterocycles. The number of anilines is 1. The van der Waals surface area contributed by atoms with Gasteiger partial charge < -0.3 is 22.1 Å². The molecule has 3 heterocycles. The van der Waals surface area contributed by atoms with Crippen LogP contribution in [-0.4, -0.2) is 33.0 Å². The number of hydrogen-bond acceptors (Lipinski definition) is 7. The van der Waals surface area contributed by atoms with Gasteiger partial charge in [-0.15, -0.1) is 11.6 Å². The molecule has 202 valence electrons. The van der Waals surface area contributed by atoms with Crippen LogP contribution in [-0.2, 0) is 14.5 Å². The minimum atomic E-state index is -0.181. The number of carbonyl (C=O) groups excluding carboxylic acids is 2. The van der Waals surface area contributed by atoms with Crippen molar-refractivity contribution in [1.29, 1.82) is 0 Å². The van der Waals surface area contributed by atoms with E-state index in [4.69, 9.17) is 32.2 Å². The van der Waals surface area contributed by atoms with Gasteiger partial charge in [-0.2, -0.15) is 0 Å². The van der Waals surface area contributed by atoms with Gasteiger partial charge in [0.25, 0.3) is 6.47 Å². The van der Waals surface area contributed by atoms with Crippen LogP contribution in [0.1, 0.15) is 1.43 Å². The van der Waals surface area contributed by atoms with Gasteiger partial charge in [0, 0.05) is 33.9 Å². The zero-order chi connectivity index (χ0) is 28.3. The number of carbonyl (C=O) groups is 2. The van der Waals surface area contributed by atoms with Crippen LogP contribution in [0.4, 0.5) is 5.82 Å². The standard InChI is InChI=1S/C15H10N2.C13H10N2.C2H3ClO.CH2O3.2Na.H/c1-2-7-13-11(5-1)12-6-3-4-8-14(12)17-10-9-16-15(13)17;14-13-11-7-2-1-5-9(11)10-6-3-4-8-12(10)15-13;3-1-2-4;2-1-4-3;;;/h1-10H;1-8H,(H2,14,15);2H,1H2;1,3H;;;/q;;;;2*+1;-1/p-1. The Morgan fingerprint density at radius 1 is 0.786 bits per heavy atom. The Balaban J connectivity index is 0.000000329. The maximum atomic E-state index is 9.04. The van der Waals surface area contributed by atoms with E-state index in [0.717, 1.165) is 21.9 Å². The Hall–Kier alpha value is -3.05. The number of alkyl halides is 1. The first kappa shape index (κ1) is 35.1. The number of halogens is 1. The van der Waals surface area contributed by atoms with Gasteiger partial charge in [-0.3, -0.25) is 9.20 Å². The molecule has 7 rings (SSSR count). The zero-order valence-corrected chi connectivity index (χ0v) is 27.9. The molecule has 4 aromatic carbocycles. The number of nitrogens with two attached hydrogens (primary N) is 1. The predicted molar refractivity (Wildman–Crippen MR) is 159 cm³/mol. The zero-order valence-electron chi connectivity index (χ0n) is 24.2. The van der Waals surface area contributed by atoms with E-state index in [-0.39, 0.29) is 72.9 Å². The molecule has 0 radical (unpaired) electrons. The summed E-state index contributed by atoms with van der Waals surface area (Å²) in [4.78, 5) is 29.1. The molecule has 11 heteroatoms. The van der Waals surface area contributed by atoms with Gasteiger partial charge in [-0.25, -0.2) is 9.97 Å². The van der Waals surface area contributed by atoms with Crippen molar-refractivity contribution in [2.24, 2.45) is 0 Å². The minimum absolute atomic E-state index is 0. The monoisotopic (exact) mass is 598 g/mol. The number of para-hydroxylation sites is 2. The summed E-state index contributed by atoms with van der Waals surface area (Å²) < 4.78 is 2.15. The maximum absolute atomic E-state index is 9.04. The summed E-state index contributed by atoms with van der Waals surface area (Å²) in [6.07, 6.45) is 4.51. The molecule has 0 spiro atoms. The SMILES string of the molecule is Nc1nc2ccccc2c2ccccc12.O=CCCl.O=CO[O-].[H-].[Na+].[Na+].c1ccc2c(c1)c1ccccc1n1ccnc21. The summed E-state index contributed by atoms with van der Waals surface area (Å²) in [6, 6.07) is 33.0. The number of imidazole rings is 1. The van der Waals surface area contributed by atoms with Crippen molar-refractivity contribution in [3.63, 3.8) is 0 Å². The Labute approximate surface area is 292 Å². The Morgan fingerprint density at radius 3 is 1.86 bits per heavy atom. The second kappa shape index (κ2) is 17.8. The van der Waals surface area contributed by atoms with Gasteiger partial charge in [-0.1, -0.05) is 84.9 Å². The van der Waals surface area contributed by atoms with E-state index in [1.54, 1.807) is 0 Å². The molecule has 0 unspecified atom stereocenters. The van der Waals surface area contributed by atoms with E-state index in [1.165, 1.54) is 27.1 Å². The number of pyridine rings is 2. The summed E-state index contributed by atoms with van der Waals surface area (Å²) in [5, 5.41) is 15.5. The number of aromatic nitrogens is 3. The number of benzene rings is 4. The molecule has 0 aliphatic rings. The van der Waals surface area contributed by atoms with E-state index in [9.17, 15) is 0 Å². The molecule has 0 amide bonds. The number of fused-ring (bicyclic) bond motifs is 9. The molecule has 0 bridgehead atoms. The van der Waals surface area contributed by atoms with Crippen LogP contribution in [0.2, 0.25) is 0 Å². The predicted octanol–water partition coefficient (Wildman–Crippen LogP) is -0.410. The third kappa shape index (κ3) is 8.06. The first-order valence-electron chi connectivity index (χ1n) is 12.1. The molecule has 8 nitrogen and oxygen atoms in total. The molecule has 2 N–H and O–H groups in total. The molecule has 0 aliphatic carbocycles. The quantitative estimate of drug-likeness (QED) is 0.0717. The number of hydrogen-bond donors (Lipinski definition) is 1. The average Bonchev–Trinajstić information content (AvgIpc) is 3.53. The topological polar surface area (TPSA) is 123 Å². The molecule has 0 fully saturated rings. The van der Waals surface area contributed by atoms with Crippen molar-refractivity contribution >= 4 is 79.2 Å². The van der Waals surface area contributed by atoms with Crippen LogP contribution < -0.4 is 70.1 Å². The molecular weight excluding hydrogens is 574 g/mol. The molecule has 42 heavy (non-hydrogen) atoms. The van der Waals surface area contributed by atoms with Gasteiger partial charge in [0.05, 0.1) is 16.9 Å². The van der Waals surface area contributed by atoms with Crippen molar-refractivity contribution in [1.82, 2.24) is 14.4 Å². The molecule has 0 atom stereocenters. The van der Waals surface area contributed by atoms with Gasteiger partial charge in [0.1, 0.15) is 17.8 Å². The summed E-state index contributed by atoms with van der Waals surface area (Å²) >= 11 is 4.82. The van der Waals surface area contributed by atoms with E-state index >= 15 is 0 Å². The van der Waals surface area contributed by atoms with Crippen molar-refractivity contribution in [3.8, 4) is 0 Å². The van der Waals surface area contributed by atoms with Crippen LogP contribution in [0.3, 0.4) is 0 Å². The van der Waals surface area contributed by atoms with Crippen molar-refractivity contribution in [3.05, 3.63) is 109 Å². The van der Waals surface area contributed by atoms with Gasteiger partial charge in [0.2, 0.25) is 0 Å². The Kier molecular flexibility index (Phi) is 14.9. The minimum Gasteiger partial charge on any atom is -1.00 e. The molecule has 0 saturated carbocycles. The van der Waals surface area contributed by atoms with Crippen LogP contribution in [0, 0.1) is 0 Å². The first-order valence-corrected chi connectivity index (χ1v) is 12.6. The summed E-state index contributed by atoms with van der Waals surface area (Å²) in [6.45, 7) is -0.181. The summed E-state index contributed by atoms with van der Waals surface area (Å²) in [7, 11) is 0. The van der Waals surface area contributed by atoms with Crippen LogP contribution >= 0.6 is 11.6 Å². The van der Waals surface area contributed by atoms with E-state index in [0.29, 0.717) is 12.1 Å². The van der Waals surface area contributed by atoms with Crippen LogP contribution in [0.5, 0.6) is 0 Å². The van der Waals surface area contributed by atoms with Gasteiger partial charge in [-0.05, 0) is 22.9 Å². The van der Waals surface area contributed by atoms with Crippen molar-refractivity contribution in [2.75, 3.05) is 11.6 Å². The summed E-state index contributed by atoms with van der Waals surface area (Å²) in [5.74, 6) is 0.712. The average molecular weight is 599 g/mol. The largest absolute Gasteiger partial charge is 1.00 e. The van der Waals surface area contributed by atoms with E-state index in [1.807, 2.05) is 48.8 Å². The van der Waals surface area contributed by atoms with Crippen molar-refractivity contribution in [2.45, 2.75) is 0 Å². The molecule has 3 aromatic heterocycles. The fourth-order valence-corrected chi connectivity index (χ4v) is 4.45. The molecule has 7 aromatic rings. The fraction of sp³-hybridized carbons (Fsp3) is 0.0323. The third-order valence-electron chi connectivity index (χ3n) is 6.00. The fourth-order valence-electron chi connectivity index (χ4n) is 4.45. The second-order valence-electron chi connectivity index (χ2n) is 8.26. The van der Waals surface area contributed by atoms with Gasteiger partial charge in [0.15, 0.2) is 0 Å². The first-order chi connectivity index (χ1) is 19.6. The van der Waals surface area contributed by atoms with Crippen LogP contribution in [0.15, 0.2) is 109 Å². The van der Waals surface area contributed by atoms with E-state index < -0.39 is 0 Å². The number of aldehydes is 1.